The van der Waals surface area contributed by atoms with Crippen molar-refractivity contribution in [1.82, 2.24) is 0 Å². The molecule has 0 aromatic heterocycles. The van der Waals surface area contributed by atoms with E-state index in [1.807, 2.05) is 0 Å². The number of carbonyl (C=O) groups excluding carboxylic acids is 2. The summed E-state index contributed by atoms with van der Waals surface area (Å²) in [5.74, 6) is -4.04. The van der Waals surface area contributed by atoms with Gasteiger partial charge in [0, 0.05) is 0 Å². The van der Waals surface area contributed by atoms with Crippen molar-refractivity contribution >= 4 is 23.3 Å². The number of fused-ring (bicyclic) bond motifs is 1. The monoisotopic (exact) mass is 263 g/mol. The molecule has 2 unspecified atom stereocenters. The van der Waals surface area contributed by atoms with Gasteiger partial charge in [-0.15, -0.1) is 0 Å². The second-order valence-electron chi connectivity index (χ2n) is 4.73. The van der Waals surface area contributed by atoms with Gasteiger partial charge in [0.1, 0.15) is 5.82 Å². The molecule has 3 rings (SSSR count). The molecule has 1 heterocycles. The Morgan fingerprint density at radius 2 is 2.05 bits per heavy atom. The number of nitrogens with zero attached hydrogens (tertiary/aromatic N) is 1. The standard InChI is InChI=1S/C13H10FNO4/c14-8-3-1-2-7-10(8)15(12(17)11(7)16)9-5-4-6(9)13(18)19/h1-3,6,9H,4-5H2,(H,18,19). The molecule has 1 N–H and O–H groups in total. The van der Waals surface area contributed by atoms with Crippen LogP contribution in [0.2, 0.25) is 0 Å². The normalized spacial score (nSPS) is 25.2. The molecule has 6 heteroatoms. The van der Waals surface area contributed by atoms with Crippen LogP contribution in [0.5, 0.6) is 0 Å². The third-order valence-corrected chi connectivity index (χ3v) is 3.77. The molecule has 1 aliphatic carbocycles. The van der Waals surface area contributed by atoms with Gasteiger partial charge in [0.2, 0.25) is 0 Å². The molecule has 5 nitrogen and oxygen atoms in total. The summed E-state index contributed by atoms with van der Waals surface area (Å²) in [4.78, 5) is 35.7. The molecule has 19 heavy (non-hydrogen) atoms. The Bertz CT molecular complexity index is 613. The Morgan fingerprint density at radius 3 is 2.63 bits per heavy atom. The lowest BCUT2D eigenvalue weighted by Crippen LogP contribution is -2.52. The lowest BCUT2D eigenvalue weighted by Gasteiger charge is -2.39. The largest absolute Gasteiger partial charge is 0.481 e. The van der Waals surface area contributed by atoms with Crippen LogP contribution in [0.4, 0.5) is 10.1 Å². The summed E-state index contributed by atoms with van der Waals surface area (Å²) in [7, 11) is 0. The average molecular weight is 263 g/mol. The van der Waals surface area contributed by atoms with Crippen molar-refractivity contribution in [2.24, 2.45) is 5.92 Å². The molecule has 1 fully saturated rings. The fourth-order valence-electron chi connectivity index (χ4n) is 2.67. The summed E-state index contributed by atoms with van der Waals surface area (Å²) in [5.41, 5.74) is -0.0607. The maximum Gasteiger partial charge on any atom is 0.308 e. The van der Waals surface area contributed by atoms with Crippen LogP contribution >= 0.6 is 0 Å². The van der Waals surface area contributed by atoms with Crippen LogP contribution in [0.3, 0.4) is 0 Å². The number of ketones is 1. The number of carbonyl (C=O) groups is 3. The van der Waals surface area contributed by atoms with E-state index in [0.717, 1.165) is 11.0 Å². The number of hydrogen-bond acceptors (Lipinski definition) is 3. The summed E-state index contributed by atoms with van der Waals surface area (Å²) in [5, 5.41) is 9.02. The molecular formula is C13H10FNO4. The number of halogens is 1. The molecule has 0 spiro atoms. The molecule has 98 valence electrons. The predicted octanol–water partition coefficient (Wildman–Crippen LogP) is 1.22. The van der Waals surface area contributed by atoms with Gasteiger partial charge in [0.05, 0.1) is 23.2 Å². The summed E-state index contributed by atoms with van der Waals surface area (Å²) in [6, 6.07) is 3.27. The quantitative estimate of drug-likeness (QED) is 0.814. The van der Waals surface area contributed by atoms with Gasteiger partial charge in [-0.2, -0.15) is 0 Å². The zero-order valence-electron chi connectivity index (χ0n) is 9.80. The second-order valence-corrected chi connectivity index (χ2v) is 4.73. The first kappa shape index (κ1) is 11.8. The van der Waals surface area contributed by atoms with Crippen LogP contribution < -0.4 is 4.90 Å². The highest BCUT2D eigenvalue weighted by Gasteiger charge is 2.49. The highest BCUT2D eigenvalue weighted by Crippen LogP contribution is 2.41. The Kier molecular flexibility index (Phi) is 2.41. The van der Waals surface area contributed by atoms with Crippen molar-refractivity contribution in [3.05, 3.63) is 29.6 Å². The van der Waals surface area contributed by atoms with Gasteiger partial charge < -0.3 is 5.11 Å². The van der Waals surface area contributed by atoms with Crippen LogP contribution in [0.1, 0.15) is 23.2 Å². The van der Waals surface area contributed by atoms with E-state index < -0.39 is 35.4 Å². The van der Waals surface area contributed by atoms with Gasteiger partial charge in [-0.25, -0.2) is 4.39 Å². The Morgan fingerprint density at radius 1 is 1.32 bits per heavy atom. The molecule has 1 amide bonds. The fourth-order valence-corrected chi connectivity index (χ4v) is 2.67. The number of anilines is 1. The molecular weight excluding hydrogens is 253 g/mol. The Labute approximate surface area is 107 Å². The van der Waals surface area contributed by atoms with E-state index >= 15 is 0 Å². The summed E-state index contributed by atoms with van der Waals surface area (Å²) in [6.07, 6.45) is 0.894. The minimum atomic E-state index is -1.03. The number of benzene rings is 1. The van der Waals surface area contributed by atoms with Crippen molar-refractivity contribution in [2.75, 3.05) is 4.90 Å². The average Bonchev–Trinajstić information content (AvgIpc) is 2.54. The van der Waals surface area contributed by atoms with Crippen molar-refractivity contribution < 1.29 is 23.9 Å². The smallest absolute Gasteiger partial charge is 0.308 e. The summed E-state index contributed by atoms with van der Waals surface area (Å²) >= 11 is 0. The second kappa shape index (κ2) is 3.88. The van der Waals surface area contributed by atoms with Crippen molar-refractivity contribution in [3.63, 3.8) is 0 Å². The topological polar surface area (TPSA) is 74.7 Å². The van der Waals surface area contributed by atoms with Gasteiger partial charge in [0.25, 0.3) is 11.7 Å². The van der Waals surface area contributed by atoms with Crippen LogP contribution in [-0.4, -0.2) is 28.8 Å². The molecule has 1 aromatic rings. The van der Waals surface area contributed by atoms with Gasteiger partial charge in [-0.3, -0.25) is 19.3 Å². The van der Waals surface area contributed by atoms with Crippen LogP contribution in [0, 0.1) is 11.7 Å². The maximum absolute atomic E-state index is 13.8. The number of Topliss-reactive ketones (excluding diaryl/α,β-unsaturated/α-hetero) is 1. The van der Waals surface area contributed by atoms with Crippen LogP contribution in [-0.2, 0) is 9.59 Å². The number of amides is 1. The Hall–Kier alpha value is -2.24. The van der Waals surface area contributed by atoms with Gasteiger partial charge in [-0.1, -0.05) is 6.07 Å². The van der Waals surface area contributed by atoms with Gasteiger partial charge in [0.15, 0.2) is 0 Å². The minimum absolute atomic E-state index is 0.0149. The van der Waals surface area contributed by atoms with E-state index in [4.69, 9.17) is 5.11 Å². The molecule has 0 saturated heterocycles. The maximum atomic E-state index is 13.8. The SMILES string of the molecule is O=C1C(=O)N(C2CCC2C(=O)O)c2c(F)cccc21. The molecule has 2 atom stereocenters. The van der Waals surface area contributed by atoms with E-state index in [-0.39, 0.29) is 11.3 Å². The number of carboxylic acids is 1. The number of hydrogen-bond donors (Lipinski definition) is 1. The van der Waals surface area contributed by atoms with E-state index in [2.05, 4.69) is 0 Å². The van der Waals surface area contributed by atoms with E-state index in [0.29, 0.717) is 12.8 Å². The van der Waals surface area contributed by atoms with Gasteiger partial charge in [-0.05, 0) is 25.0 Å². The van der Waals surface area contributed by atoms with Gasteiger partial charge >= 0.3 is 5.97 Å². The zero-order chi connectivity index (χ0) is 13.7. The Balaban J connectivity index is 2.07. The van der Waals surface area contributed by atoms with Crippen LogP contribution in [0.15, 0.2) is 18.2 Å². The third kappa shape index (κ3) is 1.49. The zero-order valence-corrected chi connectivity index (χ0v) is 9.80. The first-order valence-electron chi connectivity index (χ1n) is 5.91. The first-order valence-corrected chi connectivity index (χ1v) is 5.91. The predicted molar refractivity (Wildman–Crippen MR) is 62.4 cm³/mol. The molecule has 1 saturated carbocycles. The molecule has 0 bridgehead atoms. The van der Waals surface area contributed by atoms with E-state index in [9.17, 15) is 18.8 Å². The van der Waals surface area contributed by atoms with E-state index in [1.165, 1.54) is 12.1 Å². The highest BCUT2D eigenvalue weighted by atomic mass is 19.1. The van der Waals surface area contributed by atoms with E-state index in [1.54, 1.807) is 0 Å². The number of aliphatic carboxylic acids is 1. The highest BCUT2D eigenvalue weighted by molar-refractivity contribution is 6.52. The van der Waals surface area contributed by atoms with Crippen molar-refractivity contribution in [1.29, 1.82) is 0 Å². The third-order valence-electron chi connectivity index (χ3n) is 3.77. The fraction of sp³-hybridized carbons (Fsp3) is 0.308. The molecule has 1 aromatic carbocycles. The summed E-state index contributed by atoms with van der Waals surface area (Å²) in [6.45, 7) is 0. The van der Waals surface area contributed by atoms with Crippen molar-refractivity contribution in [3.8, 4) is 0 Å². The molecule has 2 aliphatic rings. The number of carboxylic acid groups (broad SMARTS) is 1. The lowest BCUT2D eigenvalue weighted by molar-refractivity contribution is -0.145. The molecule has 1 aliphatic heterocycles. The minimum Gasteiger partial charge on any atom is -0.481 e. The molecule has 0 radical (unpaired) electrons. The van der Waals surface area contributed by atoms with Crippen molar-refractivity contribution in [2.45, 2.75) is 18.9 Å². The van der Waals surface area contributed by atoms with Crippen LogP contribution in [0.25, 0.3) is 0 Å². The summed E-state index contributed by atoms with van der Waals surface area (Å²) < 4.78 is 13.8. The first-order chi connectivity index (χ1) is 9.02. The number of rotatable bonds is 2. The lowest BCUT2D eigenvalue weighted by atomic mass is 9.78. The number of para-hydroxylation sites is 1.